The molecule has 1 heterocycles. The number of benzene rings is 2. The van der Waals surface area contributed by atoms with Crippen LogP contribution in [0.4, 0.5) is 0 Å². The molecule has 0 spiro atoms. The Morgan fingerprint density at radius 3 is 2.30 bits per heavy atom. The second kappa shape index (κ2) is 6.64. The molecule has 112 valence electrons. The molecule has 0 bridgehead atoms. The van der Waals surface area contributed by atoms with Gasteiger partial charge in [0.25, 0.3) is 0 Å². The molecule has 0 aliphatic rings. The first-order valence-corrected chi connectivity index (χ1v) is 7.82. The Kier molecular flexibility index (Phi) is 4.40. The van der Waals surface area contributed by atoms with Gasteiger partial charge in [0.2, 0.25) is 5.88 Å². The molecule has 0 aliphatic carbocycles. The van der Waals surface area contributed by atoms with Crippen LogP contribution >= 0.6 is 15.9 Å². The lowest BCUT2D eigenvalue weighted by Gasteiger charge is -2.11. The van der Waals surface area contributed by atoms with Crippen molar-refractivity contribution >= 4 is 15.9 Å². The van der Waals surface area contributed by atoms with Gasteiger partial charge >= 0.3 is 0 Å². The van der Waals surface area contributed by atoms with Crippen LogP contribution in [0.3, 0.4) is 0 Å². The SMILES string of the molecule is COc1nc(-c2ccccc2)cc(-c2ccc(Br)cc2)c1C#N. The minimum absolute atomic E-state index is 0.340. The Labute approximate surface area is 143 Å². The smallest absolute Gasteiger partial charge is 0.232 e. The number of halogens is 1. The fourth-order valence-electron chi connectivity index (χ4n) is 2.39. The Morgan fingerprint density at radius 2 is 1.70 bits per heavy atom. The molecule has 4 heteroatoms. The Morgan fingerprint density at radius 1 is 1.00 bits per heavy atom. The lowest BCUT2D eigenvalue weighted by atomic mass is 9.99. The number of nitriles is 1. The highest BCUT2D eigenvalue weighted by Gasteiger charge is 2.15. The minimum atomic E-state index is 0.340. The molecule has 3 nitrogen and oxygen atoms in total. The van der Waals surface area contributed by atoms with Gasteiger partial charge in [-0.2, -0.15) is 5.26 Å². The van der Waals surface area contributed by atoms with Gasteiger partial charge in [0.05, 0.1) is 12.8 Å². The van der Waals surface area contributed by atoms with E-state index >= 15 is 0 Å². The van der Waals surface area contributed by atoms with Crippen LogP contribution < -0.4 is 4.74 Å². The van der Waals surface area contributed by atoms with Crippen molar-refractivity contribution in [3.05, 3.63) is 70.7 Å². The number of ether oxygens (including phenoxy) is 1. The number of aromatic nitrogens is 1. The second-order valence-corrected chi connectivity index (χ2v) is 5.84. The summed E-state index contributed by atoms with van der Waals surface area (Å²) in [5.41, 5.74) is 3.95. The first-order valence-electron chi connectivity index (χ1n) is 7.03. The summed E-state index contributed by atoms with van der Waals surface area (Å²) in [4.78, 5) is 4.48. The van der Waals surface area contributed by atoms with Crippen LogP contribution in [0.5, 0.6) is 5.88 Å². The van der Waals surface area contributed by atoms with Crippen LogP contribution in [0.1, 0.15) is 5.56 Å². The van der Waals surface area contributed by atoms with Gasteiger partial charge in [-0.25, -0.2) is 4.98 Å². The van der Waals surface area contributed by atoms with E-state index < -0.39 is 0 Å². The number of hydrogen-bond donors (Lipinski definition) is 0. The maximum Gasteiger partial charge on any atom is 0.232 e. The molecule has 0 fully saturated rings. The Bertz CT molecular complexity index is 868. The zero-order valence-electron chi connectivity index (χ0n) is 12.5. The Hall–Kier alpha value is -2.64. The van der Waals surface area contributed by atoms with E-state index in [-0.39, 0.29) is 0 Å². The van der Waals surface area contributed by atoms with Gasteiger partial charge in [0, 0.05) is 15.6 Å². The van der Waals surface area contributed by atoms with Crippen molar-refractivity contribution in [2.24, 2.45) is 0 Å². The molecular weight excluding hydrogens is 352 g/mol. The maximum atomic E-state index is 9.53. The predicted molar refractivity (Wildman–Crippen MR) is 94.1 cm³/mol. The molecule has 23 heavy (non-hydrogen) atoms. The van der Waals surface area contributed by atoms with Gasteiger partial charge < -0.3 is 4.74 Å². The van der Waals surface area contributed by atoms with Gasteiger partial charge in [0.1, 0.15) is 11.6 Å². The summed E-state index contributed by atoms with van der Waals surface area (Å²) in [5, 5.41) is 9.53. The molecule has 0 saturated carbocycles. The largest absolute Gasteiger partial charge is 0.480 e. The lowest BCUT2D eigenvalue weighted by molar-refractivity contribution is 0.397. The summed E-state index contributed by atoms with van der Waals surface area (Å²) in [6, 6.07) is 21.8. The fraction of sp³-hybridized carbons (Fsp3) is 0.0526. The van der Waals surface area contributed by atoms with Gasteiger partial charge in [0.15, 0.2) is 0 Å². The molecule has 0 unspecified atom stereocenters. The quantitative estimate of drug-likeness (QED) is 0.652. The number of rotatable bonds is 3. The van der Waals surface area contributed by atoms with Crippen molar-refractivity contribution in [2.45, 2.75) is 0 Å². The maximum absolute atomic E-state index is 9.53. The van der Waals surface area contributed by atoms with Gasteiger partial charge in [-0.05, 0) is 23.8 Å². The molecule has 3 rings (SSSR count). The number of pyridine rings is 1. The van der Waals surface area contributed by atoms with Crippen LogP contribution in [0.2, 0.25) is 0 Å². The normalized spacial score (nSPS) is 10.1. The van der Waals surface area contributed by atoms with E-state index in [4.69, 9.17) is 4.74 Å². The fourth-order valence-corrected chi connectivity index (χ4v) is 2.66. The van der Waals surface area contributed by atoms with E-state index in [1.54, 1.807) is 0 Å². The first-order chi connectivity index (χ1) is 11.2. The van der Waals surface area contributed by atoms with Crippen LogP contribution in [-0.4, -0.2) is 12.1 Å². The highest BCUT2D eigenvalue weighted by atomic mass is 79.9. The molecule has 0 saturated heterocycles. The summed E-state index contributed by atoms with van der Waals surface area (Å²) in [7, 11) is 1.53. The first kappa shape index (κ1) is 15.3. The van der Waals surface area contributed by atoms with Gasteiger partial charge in [-0.3, -0.25) is 0 Å². The zero-order valence-corrected chi connectivity index (χ0v) is 14.0. The third-order valence-electron chi connectivity index (χ3n) is 3.52. The molecule has 2 aromatic carbocycles. The van der Waals surface area contributed by atoms with E-state index in [2.05, 4.69) is 27.0 Å². The lowest BCUT2D eigenvalue weighted by Crippen LogP contribution is -1.97. The molecular formula is C19H13BrN2O. The van der Waals surface area contributed by atoms with Crippen molar-refractivity contribution in [2.75, 3.05) is 7.11 Å². The van der Waals surface area contributed by atoms with Crippen molar-refractivity contribution in [3.63, 3.8) is 0 Å². The summed E-state index contributed by atoms with van der Waals surface area (Å²) in [5.74, 6) is 0.340. The van der Waals surface area contributed by atoms with Crippen molar-refractivity contribution in [3.8, 4) is 34.3 Å². The molecule has 0 aliphatic heterocycles. The molecule has 0 amide bonds. The molecule has 0 radical (unpaired) electrons. The third-order valence-corrected chi connectivity index (χ3v) is 4.04. The topological polar surface area (TPSA) is 45.9 Å². The number of methoxy groups -OCH3 is 1. The standard InChI is InChI=1S/C19H13BrN2O/c1-23-19-17(12-21)16(13-7-9-15(20)10-8-13)11-18(22-19)14-5-3-2-4-6-14/h2-11H,1H3. The van der Waals surface area contributed by atoms with E-state index in [0.29, 0.717) is 11.4 Å². The monoisotopic (exact) mass is 364 g/mol. The van der Waals surface area contributed by atoms with Gasteiger partial charge in [-0.15, -0.1) is 0 Å². The highest BCUT2D eigenvalue weighted by molar-refractivity contribution is 9.10. The van der Waals surface area contributed by atoms with E-state index in [1.165, 1.54) is 7.11 Å². The van der Waals surface area contributed by atoms with Crippen molar-refractivity contribution in [1.82, 2.24) is 4.98 Å². The van der Waals surface area contributed by atoms with Crippen LogP contribution in [0, 0.1) is 11.3 Å². The van der Waals surface area contributed by atoms with Crippen LogP contribution in [0.15, 0.2) is 65.1 Å². The predicted octanol–water partition coefficient (Wildman–Crippen LogP) is 5.06. The average Bonchev–Trinajstić information content (AvgIpc) is 2.62. The molecule has 1 aromatic heterocycles. The highest BCUT2D eigenvalue weighted by Crippen LogP contribution is 2.33. The third kappa shape index (κ3) is 3.10. The Balaban J connectivity index is 2.25. The van der Waals surface area contributed by atoms with E-state index in [0.717, 1.165) is 26.9 Å². The second-order valence-electron chi connectivity index (χ2n) is 4.92. The molecule has 0 N–H and O–H groups in total. The minimum Gasteiger partial charge on any atom is -0.480 e. The van der Waals surface area contributed by atoms with Gasteiger partial charge in [-0.1, -0.05) is 58.4 Å². The van der Waals surface area contributed by atoms with Crippen LogP contribution in [-0.2, 0) is 0 Å². The van der Waals surface area contributed by atoms with Crippen molar-refractivity contribution in [1.29, 1.82) is 5.26 Å². The van der Waals surface area contributed by atoms with Crippen molar-refractivity contribution < 1.29 is 4.74 Å². The molecule has 0 atom stereocenters. The zero-order chi connectivity index (χ0) is 16.2. The van der Waals surface area contributed by atoms with Crippen LogP contribution in [0.25, 0.3) is 22.4 Å². The average molecular weight is 365 g/mol. The number of hydrogen-bond acceptors (Lipinski definition) is 3. The summed E-state index contributed by atoms with van der Waals surface area (Å²) in [6.45, 7) is 0. The summed E-state index contributed by atoms with van der Waals surface area (Å²) < 4.78 is 6.33. The summed E-state index contributed by atoms with van der Waals surface area (Å²) in [6.07, 6.45) is 0. The molecule has 3 aromatic rings. The van der Waals surface area contributed by atoms with E-state index in [9.17, 15) is 5.26 Å². The number of nitrogens with zero attached hydrogens (tertiary/aromatic N) is 2. The van der Waals surface area contributed by atoms with E-state index in [1.807, 2.05) is 60.7 Å². The summed E-state index contributed by atoms with van der Waals surface area (Å²) >= 11 is 3.43.